The van der Waals surface area contributed by atoms with E-state index in [1.807, 2.05) is 0 Å². The van der Waals surface area contributed by atoms with Crippen molar-refractivity contribution in [2.75, 3.05) is 9.80 Å². The fraction of sp³-hybridized carbons (Fsp3) is 0.0294. The molecule has 4 heteroatoms. The van der Waals surface area contributed by atoms with Crippen molar-refractivity contribution in [3.8, 4) is 22.3 Å². The summed E-state index contributed by atoms with van der Waals surface area (Å²) in [7, 11) is 0. The van der Waals surface area contributed by atoms with E-state index in [1.165, 1.54) is 110 Å². The summed E-state index contributed by atoms with van der Waals surface area (Å²) in [5, 5.41) is 9.96. The lowest BCUT2D eigenvalue weighted by atomic mass is 9.99. The van der Waals surface area contributed by atoms with Gasteiger partial charge in [0.15, 0.2) is 0 Å². The number of benzene rings is 11. The first kappa shape index (κ1) is 40.5. The van der Waals surface area contributed by atoms with E-state index in [-0.39, 0.29) is 0 Å². The van der Waals surface area contributed by atoms with Crippen molar-refractivity contribution < 1.29 is 0 Å². The lowest BCUT2D eigenvalue weighted by molar-refractivity contribution is 1.26. The van der Waals surface area contributed by atoms with Gasteiger partial charge in [0.1, 0.15) is 0 Å². The second-order valence-electron chi connectivity index (χ2n) is 19.3. The molecule has 4 heterocycles. The minimum atomic E-state index is 1.14. The molecule has 0 amide bonds. The molecule has 338 valence electrons. The Bertz CT molecular complexity index is 4300. The third-order valence-corrected chi connectivity index (χ3v) is 15.4. The maximum absolute atomic E-state index is 2.55. The summed E-state index contributed by atoms with van der Waals surface area (Å²) in [5.41, 5.74) is 21.4. The summed E-state index contributed by atoms with van der Waals surface area (Å²) >= 11 is 0. The second-order valence-corrected chi connectivity index (χ2v) is 19.3. The summed E-state index contributed by atoms with van der Waals surface area (Å²) in [5.74, 6) is 0. The second kappa shape index (κ2) is 15.6. The van der Waals surface area contributed by atoms with E-state index in [1.54, 1.807) is 0 Å². The molecule has 15 rings (SSSR count). The average molecular weight is 919 g/mol. The molecule has 4 nitrogen and oxygen atoms in total. The molecule has 0 aliphatic heterocycles. The van der Waals surface area contributed by atoms with E-state index in [2.05, 4.69) is 275 Å². The molecule has 0 fully saturated rings. The van der Waals surface area contributed by atoms with Gasteiger partial charge in [-0.15, -0.1) is 0 Å². The first-order valence-electron chi connectivity index (χ1n) is 24.9. The molecule has 72 heavy (non-hydrogen) atoms. The predicted octanol–water partition coefficient (Wildman–Crippen LogP) is 18.9. The van der Waals surface area contributed by atoms with Crippen molar-refractivity contribution in [2.24, 2.45) is 0 Å². The Kier molecular flexibility index (Phi) is 8.75. The molecule has 0 spiro atoms. The average Bonchev–Trinajstić information content (AvgIpc) is 4.17. The van der Waals surface area contributed by atoms with Gasteiger partial charge in [-0.2, -0.15) is 0 Å². The molecular formula is C68H46N4. The highest BCUT2D eigenvalue weighted by Crippen LogP contribution is 2.53. The highest BCUT2D eigenvalue weighted by molar-refractivity contribution is 6.32. The van der Waals surface area contributed by atoms with Crippen LogP contribution in [0.3, 0.4) is 0 Å². The van der Waals surface area contributed by atoms with Gasteiger partial charge in [-0.3, -0.25) is 0 Å². The zero-order chi connectivity index (χ0) is 47.6. The maximum atomic E-state index is 2.55. The van der Waals surface area contributed by atoms with Crippen LogP contribution in [0.5, 0.6) is 0 Å². The van der Waals surface area contributed by atoms with Crippen molar-refractivity contribution in [2.45, 2.75) is 13.8 Å². The van der Waals surface area contributed by atoms with Crippen molar-refractivity contribution in [1.82, 2.24) is 8.80 Å². The highest BCUT2D eigenvalue weighted by Gasteiger charge is 2.29. The zero-order valence-electron chi connectivity index (χ0n) is 39.9. The summed E-state index contributed by atoms with van der Waals surface area (Å²) in [6.07, 6.45) is 0. The number of fused-ring (bicyclic) bond motifs is 12. The van der Waals surface area contributed by atoms with Crippen LogP contribution in [0.25, 0.3) is 98.4 Å². The van der Waals surface area contributed by atoms with Crippen molar-refractivity contribution >= 4 is 110 Å². The smallest absolute Gasteiger partial charge is 0.0641 e. The Hall–Kier alpha value is -9.38. The van der Waals surface area contributed by atoms with E-state index < -0.39 is 0 Å². The van der Waals surface area contributed by atoms with Crippen LogP contribution >= 0.6 is 0 Å². The number of nitrogens with zero attached hydrogens (tertiary/aromatic N) is 4. The van der Waals surface area contributed by atoms with E-state index >= 15 is 0 Å². The SMILES string of the molecule is Cc1ccccc1N(c1ccccc1-c1ccccc1)c1ccc2c3cc4c(cc3n3c5ccccc5c1c23)c1ccc(N(c2ccccc2C)c2ccccc2-c2ccccc2)c2c3ccccc3n4c12. The molecule has 0 aliphatic carbocycles. The summed E-state index contributed by atoms with van der Waals surface area (Å²) < 4.78 is 5.10. The van der Waals surface area contributed by atoms with Crippen molar-refractivity contribution in [3.05, 3.63) is 254 Å². The minimum Gasteiger partial charge on any atom is -0.309 e. The summed E-state index contributed by atoms with van der Waals surface area (Å²) in [6.45, 7) is 4.45. The Morgan fingerprint density at radius 1 is 0.264 bits per heavy atom. The summed E-state index contributed by atoms with van der Waals surface area (Å²) in [6, 6.07) is 89.4. The van der Waals surface area contributed by atoms with Crippen molar-refractivity contribution in [1.29, 1.82) is 0 Å². The maximum Gasteiger partial charge on any atom is 0.0641 e. The molecule has 0 bridgehead atoms. The first-order valence-corrected chi connectivity index (χ1v) is 24.9. The summed E-state index contributed by atoms with van der Waals surface area (Å²) in [4.78, 5) is 5.01. The standard InChI is InChI=1S/C68H46N4/c1-43-21-9-15-31-55(43)69(57-33-17-11-27-47(57)45-23-5-3-6-24-45)61-39-37-49-53-41-64-54(42-63(53)71-59-35-19-13-29-51(59)65(61)67(49)71)50-38-40-62(66-52-30-14-20-36-60(52)72(64)68(50)66)70(56-32-16-10-22-44(56)2)58-34-18-12-28-48(58)46-25-7-4-8-26-46/h3-42H,1-2H3. The molecule has 11 aromatic carbocycles. The highest BCUT2D eigenvalue weighted by atomic mass is 15.2. The lowest BCUT2D eigenvalue weighted by Gasteiger charge is -2.30. The Morgan fingerprint density at radius 3 is 1.06 bits per heavy atom. The minimum absolute atomic E-state index is 1.14. The van der Waals surface area contributed by atoms with Crippen LogP contribution < -0.4 is 9.80 Å². The molecule has 0 radical (unpaired) electrons. The predicted molar refractivity (Wildman–Crippen MR) is 305 cm³/mol. The molecular weight excluding hydrogens is 873 g/mol. The van der Waals surface area contributed by atoms with E-state index in [4.69, 9.17) is 0 Å². The van der Waals surface area contributed by atoms with Crippen LogP contribution in [0.2, 0.25) is 0 Å². The molecule has 4 aromatic heterocycles. The molecule has 0 N–H and O–H groups in total. The van der Waals surface area contributed by atoms with Gasteiger partial charge in [-0.25, -0.2) is 0 Å². The van der Waals surface area contributed by atoms with Crippen LogP contribution in [0.4, 0.5) is 34.1 Å². The number of para-hydroxylation sites is 6. The normalized spacial score (nSPS) is 12.0. The van der Waals surface area contributed by atoms with Crippen LogP contribution in [0.15, 0.2) is 243 Å². The van der Waals surface area contributed by atoms with Gasteiger partial charge in [0.2, 0.25) is 0 Å². The molecule has 0 saturated carbocycles. The number of hydrogen-bond acceptors (Lipinski definition) is 2. The monoisotopic (exact) mass is 918 g/mol. The number of aryl methyl sites for hydroxylation is 2. The van der Waals surface area contributed by atoms with Gasteiger partial charge in [0.25, 0.3) is 0 Å². The fourth-order valence-corrected chi connectivity index (χ4v) is 12.3. The molecule has 0 aliphatic rings. The molecule has 0 saturated heterocycles. The van der Waals surface area contributed by atoms with E-state index in [0.717, 1.165) is 34.1 Å². The third kappa shape index (κ3) is 5.69. The number of rotatable bonds is 8. The topological polar surface area (TPSA) is 15.3 Å². The largest absolute Gasteiger partial charge is 0.309 e. The van der Waals surface area contributed by atoms with Gasteiger partial charge in [-0.1, -0.05) is 182 Å². The quantitative estimate of drug-likeness (QED) is 0.151. The molecule has 15 aromatic rings. The fourth-order valence-electron chi connectivity index (χ4n) is 12.3. The van der Waals surface area contributed by atoms with Gasteiger partial charge < -0.3 is 18.6 Å². The molecule has 0 atom stereocenters. The Balaban J connectivity index is 1.02. The zero-order valence-corrected chi connectivity index (χ0v) is 39.9. The van der Waals surface area contributed by atoms with Gasteiger partial charge in [0.05, 0.1) is 55.8 Å². The molecule has 0 unspecified atom stereocenters. The van der Waals surface area contributed by atoms with Gasteiger partial charge in [-0.05, 0) is 96.8 Å². The lowest BCUT2D eigenvalue weighted by Crippen LogP contribution is -2.13. The number of hydrogen-bond donors (Lipinski definition) is 0. The van der Waals surface area contributed by atoms with E-state index in [0.29, 0.717) is 0 Å². The van der Waals surface area contributed by atoms with Crippen LogP contribution in [0.1, 0.15) is 11.1 Å². The van der Waals surface area contributed by atoms with Crippen LogP contribution in [0, 0.1) is 13.8 Å². The van der Waals surface area contributed by atoms with Crippen molar-refractivity contribution in [3.63, 3.8) is 0 Å². The Labute approximate surface area is 416 Å². The Morgan fingerprint density at radius 2 is 0.625 bits per heavy atom. The van der Waals surface area contributed by atoms with Gasteiger partial charge >= 0.3 is 0 Å². The van der Waals surface area contributed by atoms with Crippen LogP contribution in [-0.4, -0.2) is 8.80 Å². The number of anilines is 6. The third-order valence-electron chi connectivity index (χ3n) is 15.4. The van der Waals surface area contributed by atoms with E-state index in [9.17, 15) is 0 Å². The number of aromatic nitrogens is 2. The van der Waals surface area contributed by atoms with Gasteiger partial charge in [0, 0.05) is 65.6 Å². The van der Waals surface area contributed by atoms with Crippen LogP contribution in [-0.2, 0) is 0 Å². The first-order chi connectivity index (χ1) is 35.6.